The van der Waals surface area contributed by atoms with Gasteiger partial charge in [-0.15, -0.1) is 0 Å². The average molecular weight is 327 g/mol. The number of nitrogens with one attached hydrogen (secondary N) is 1. The van der Waals surface area contributed by atoms with E-state index in [-0.39, 0.29) is 10.5 Å². The van der Waals surface area contributed by atoms with E-state index in [1.807, 2.05) is 0 Å². The van der Waals surface area contributed by atoms with Crippen LogP contribution in [0.3, 0.4) is 0 Å². The predicted octanol–water partition coefficient (Wildman–Crippen LogP) is 1.55. The third kappa shape index (κ3) is 4.07. The molecule has 22 heavy (non-hydrogen) atoms. The van der Waals surface area contributed by atoms with Crippen molar-refractivity contribution in [1.29, 1.82) is 0 Å². The van der Waals surface area contributed by atoms with Gasteiger partial charge in [0.1, 0.15) is 0 Å². The Morgan fingerprint density at radius 2 is 1.73 bits per heavy atom. The third-order valence-electron chi connectivity index (χ3n) is 3.81. The molecule has 1 aromatic rings. The minimum atomic E-state index is -3.43. The lowest BCUT2D eigenvalue weighted by atomic mass is 10.0. The number of hydrogen-bond acceptors (Lipinski definition) is 4. The number of aliphatic carboxylic acids is 1. The SMILES string of the molecule is Cc1cc(S(C)(=O)=O)cc(C(=O)NC(C)C(C)C(=O)O)c1C. The molecule has 0 spiro atoms. The minimum absolute atomic E-state index is 0.0692. The third-order valence-corrected chi connectivity index (χ3v) is 4.90. The van der Waals surface area contributed by atoms with Gasteiger partial charge in [-0.1, -0.05) is 0 Å². The van der Waals surface area contributed by atoms with Crippen molar-refractivity contribution in [1.82, 2.24) is 5.32 Å². The summed E-state index contributed by atoms with van der Waals surface area (Å²) in [5, 5.41) is 11.6. The second kappa shape index (κ2) is 6.48. The summed E-state index contributed by atoms with van der Waals surface area (Å²) in [5.74, 6) is -2.24. The van der Waals surface area contributed by atoms with E-state index in [0.717, 1.165) is 6.26 Å². The maximum atomic E-state index is 12.3. The molecule has 7 heteroatoms. The Kier molecular flexibility index (Phi) is 5.35. The van der Waals surface area contributed by atoms with Gasteiger partial charge in [0.2, 0.25) is 0 Å². The summed E-state index contributed by atoms with van der Waals surface area (Å²) in [6.07, 6.45) is 1.08. The molecule has 0 aromatic heterocycles. The highest BCUT2D eigenvalue weighted by Crippen LogP contribution is 2.20. The largest absolute Gasteiger partial charge is 0.481 e. The van der Waals surface area contributed by atoms with Crippen molar-refractivity contribution in [3.05, 3.63) is 28.8 Å². The Hall–Kier alpha value is -1.89. The number of carboxylic acids is 1. The van der Waals surface area contributed by atoms with Gasteiger partial charge in [0.15, 0.2) is 9.84 Å². The Balaban J connectivity index is 3.18. The quantitative estimate of drug-likeness (QED) is 0.854. The van der Waals surface area contributed by atoms with Crippen molar-refractivity contribution in [2.75, 3.05) is 6.26 Å². The monoisotopic (exact) mass is 327 g/mol. The van der Waals surface area contributed by atoms with Crippen LogP contribution in [-0.4, -0.2) is 37.7 Å². The molecule has 122 valence electrons. The van der Waals surface area contributed by atoms with Crippen LogP contribution < -0.4 is 5.32 Å². The Bertz CT molecular complexity index is 709. The smallest absolute Gasteiger partial charge is 0.308 e. The zero-order chi connectivity index (χ0) is 17.2. The Morgan fingerprint density at radius 3 is 2.18 bits per heavy atom. The fourth-order valence-electron chi connectivity index (χ4n) is 1.90. The number of amides is 1. The average Bonchev–Trinajstić information content (AvgIpc) is 2.38. The van der Waals surface area contributed by atoms with Crippen molar-refractivity contribution in [2.24, 2.45) is 5.92 Å². The molecule has 0 heterocycles. The Morgan fingerprint density at radius 1 is 1.18 bits per heavy atom. The maximum Gasteiger partial charge on any atom is 0.308 e. The van der Waals surface area contributed by atoms with Crippen LogP contribution in [0, 0.1) is 19.8 Å². The van der Waals surface area contributed by atoms with Crippen molar-refractivity contribution in [2.45, 2.75) is 38.6 Å². The van der Waals surface area contributed by atoms with Crippen LogP contribution in [0.15, 0.2) is 17.0 Å². The van der Waals surface area contributed by atoms with E-state index in [2.05, 4.69) is 5.32 Å². The van der Waals surface area contributed by atoms with Crippen molar-refractivity contribution >= 4 is 21.7 Å². The molecule has 0 saturated carbocycles. The second-order valence-corrected chi connectivity index (χ2v) is 7.59. The first-order valence-electron chi connectivity index (χ1n) is 6.80. The van der Waals surface area contributed by atoms with Crippen LogP contribution in [0.1, 0.15) is 35.3 Å². The molecular formula is C15H21NO5S. The number of rotatable bonds is 5. The van der Waals surface area contributed by atoms with Crippen LogP contribution in [0.4, 0.5) is 0 Å². The maximum absolute atomic E-state index is 12.3. The number of carbonyl (C=O) groups excluding carboxylic acids is 1. The van der Waals surface area contributed by atoms with E-state index in [4.69, 9.17) is 5.11 Å². The van der Waals surface area contributed by atoms with Crippen LogP contribution in [-0.2, 0) is 14.6 Å². The number of benzene rings is 1. The molecule has 2 unspecified atom stereocenters. The second-order valence-electron chi connectivity index (χ2n) is 5.57. The van der Waals surface area contributed by atoms with E-state index in [1.54, 1.807) is 20.8 Å². The first kappa shape index (κ1) is 18.2. The summed E-state index contributed by atoms with van der Waals surface area (Å²) in [4.78, 5) is 23.3. The van der Waals surface area contributed by atoms with Gasteiger partial charge in [-0.25, -0.2) is 8.42 Å². The van der Waals surface area contributed by atoms with E-state index >= 15 is 0 Å². The van der Waals surface area contributed by atoms with Crippen molar-refractivity contribution in [3.63, 3.8) is 0 Å². The van der Waals surface area contributed by atoms with Gasteiger partial charge in [0.25, 0.3) is 5.91 Å². The summed E-state index contributed by atoms with van der Waals surface area (Å²) in [6, 6.07) is 2.27. The van der Waals surface area contributed by atoms with Crippen LogP contribution in [0.2, 0.25) is 0 Å². The normalized spacial score (nSPS) is 14.2. The molecule has 1 rings (SSSR count). The number of sulfone groups is 1. The summed E-state index contributed by atoms with van der Waals surface area (Å²) in [5.41, 5.74) is 1.59. The van der Waals surface area contributed by atoms with Crippen LogP contribution in [0.5, 0.6) is 0 Å². The fourth-order valence-corrected chi connectivity index (χ4v) is 2.62. The molecule has 2 atom stereocenters. The molecule has 1 amide bonds. The highest BCUT2D eigenvalue weighted by Gasteiger charge is 2.23. The summed E-state index contributed by atoms with van der Waals surface area (Å²) in [7, 11) is -3.43. The van der Waals surface area contributed by atoms with Gasteiger partial charge >= 0.3 is 5.97 Å². The van der Waals surface area contributed by atoms with Crippen LogP contribution in [0.25, 0.3) is 0 Å². The first-order chi connectivity index (χ1) is 9.95. The molecule has 0 aliphatic rings. The molecule has 6 nitrogen and oxygen atoms in total. The Labute approximate surface area is 130 Å². The summed E-state index contributed by atoms with van der Waals surface area (Å²) < 4.78 is 23.4. The zero-order valence-electron chi connectivity index (χ0n) is 13.3. The molecule has 0 bridgehead atoms. The highest BCUT2D eigenvalue weighted by molar-refractivity contribution is 7.90. The standard InChI is InChI=1S/C15H21NO5S/c1-8-6-12(22(5,20)21)7-13(9(8)2)14(17)16-11(4)10(3)15(18)19/h6-7,10-11H,1-5H3,(H,16,17)(H,18,19). The molecule has 2 N–H and O–H groups in total. The lowest BCUT2D eigenvalue weighted by molar-refractivity contribution is -0.141. The van der Waals surface area contributed by atoms with Gasteiger partial charge in [-0.2, -0.15) is 0 Å². The lowest BCUT2D eigenvalue weighted by Crippen LogP contribution is -2.40. The molecule has 0 saturated heterocycles. The summed E-state index contributed by atoms with van der Waals surface area (Å²) >= 11 is 0. The van der Waals surface area contributed by atoms with Gasteiger partial charge in [0.05, 0.1) is 10.8 Å². The molecule has 0 aliphatic carbocycles. The van der Waals surface area contributed by atoms with Gasteiger partial charge in [-0.05, 0) is 51.0 Å². The fraction of sp³-hybridized carbons (Fsp3) is 0.467. The van der Waals surface area contributed by atoms with Gasteiger partial charge < -0.3 is 10.4 Å². The first-order valence-corrected chi connectivity index (χ1v) is 8.69. The topological polar surface area (TPSA) is 101 Å². The summed E-state index contributed by atoms with van der Waals surface area (Å²) in [6.45, 7) is 6.54. The van der Waals surface area contributed by atoms with E-state index in [1.165, 1.54) is 19.1 Å². The zero-order valence-corrected chi connectivity index (χ0v) is 14.1. The molecule has 0 aliphatic heterocycles. The number of aryl methyl sites for hydroxylation is 1. The lowest BCUT2D eigenvalue weighted by Gasteiger charge is -2.19. The highest BCUT2D eigenvalue weighted by atomic mass is 32.2. The minimum Gasteiger partial charge on any atom is -0.481 e. The molecule has 0 fully saturated rings. The van der Waals surface area contributed by atoms with Crippen molar-refractivity contribution < 1.29 is 23.1 Å². The number of carboxylic acid groups (broad SMARTS) is 1. The van der Waals surface area contributed by atoms with Crippen LogP contribution >= 0.6 is 0 Å². The van der Waals surface area contributed by atoms with E-state index in [0.29, 0.717) is 11.1 Å². The molecule has 0 radical (unpaired) electrons. The van der Waals surface area contributed by atoms with E-state index < -0.39 is 33.7 Å². The molecular weight excluding hydrogens is 306 g/mol. The predicted molar refractivity (Wildman–Crippen MR) is 82.8 cm³/mol. The van der Waals surface area contributed by atoms with Gasteiger partial charge in [0, 0.05) is 17.9 Å². The number of carbonyl (C=O) groups is 2. The number of hydrogen-bond donors (Lipinski definition) is 2. The molecule has 1 aromatic carbocycles. The van der Waals surface area contributed by atoms with E-state index in [9.17, 15) is 18.0 Å². The van der Waals surface area contributed by atoms with Gasteiger partial charge in [-0.3, -0.25) is 9.59 Å². The van der Waals surface area contributed by atoms with Crippen molar-refractivity contribution in [3.8, 4) is 0 Å².